The lowest BCUT2D eigenvalue weighted by molar-refractivity contribution is -0.126. The average molecular weight is 458 g/mol. The van der Waals surface area contributed by atoms with E-state index in [-0.39, 0.29) is 18.7 Å². The minimum Gasteiger partial charge on any atom is -0.454 e. The molecular weight excluding hydrogens is 430 g/mol. The summed E-state index contributed by atoms with van der Waals surface area (Å²) in [6.45, 7) is 4.13. The third-order valence-corrected chi connectivity index (χ3v) is 7.26. The van der Waals surface area contributed by atoms with Crippen LogP contribution in [0.2, 0.25) is 0 Å². The molecule has 4 rings (SSSR count). The molecule has 0 saturated carbocycles. The number of carbonyl (C=O) groups is 1. The topological polar surface area (TPSA) is 88.2 Å². The normalized spacial score (nSPS) is 18.0. The Balaban J connectivity index is 1.26. The molecule has 170 valence electrons. The molecule has 0 spiro atoms. The molecule has 0 aliphatic carbocycles. The molecule has 1 atom stereocenters. The van der Waals surface area contributed by atoms with Crippen LogP contribution in [0.5, 0.6) is 11.5 Å². The maximum absolute atomic E-state index is 12.6. The average Bonchev–Trinajstić information content (AvgIpc) is 3.29. The van der Waals surface area contributed by atoms with Crippen molar-refractivity contribution in [1.82, 2.24) is 14.5 Å². The molecule has 9 heteroatoms. The van der Waals surface area contributed by atoms with Gasteiger partial charge in [-0.05, 0) is 36.3 Å². The van der Waals surface area contributed by atoms with Gasteiger partial charge in [-0.3, -0.25) is 9.69 Å². The van der Waals surface area contributed by atoms with Gasteiger partial charge in [0.25, 0.3) is 0 Å². The van der Waals surface area contributed by atoms with Crippen molar-refractivity contribution in [1.29, 1.82) is 0 Å². The van der Waals surface area contributed by atoms with Crippen molar-refractivity contribution in [2.24, 2.45) is 0 Å². The van der Waals surface area contributed by atoms with Crippen molar-refractivity contribution < 1.29 is 22.7 Å². The van der Waals surface area contributed by atoms with Crippen molar-refractivity contribution in [3.05, 3.63) is 65.1 Å². The quantitative estimate of drug-likeness (QED) is 0.685. The first-order chi connectivity index (χ1) is 15.4. The van der Waals surface area contributed by atoms with E-state index in [0.29, 0.717) is 44.2 Å². The molecule has 1 saturated heterocycles. The number of fused-ring (bicyclic) bond motifs is 1. The standard InChI is InChI=1S/C23H27N3O5S/c1-18(23(27)24-16-20-7-8-21-22(15-20)31-17-30-21)25-10-12-26(13-11-25)32(28,29)14-9-19-5-3-2-4-6-19/h2-9,14-15,18H,10-13,16-17H2,1H3,(H,24,27). The Kier molecular flexibility index (Phi) is 6.78. The van der Waals surface area contributed by atoms with Crippen LogP contribution in [-0.2, 0) is 21.4 Å². The monoisotopic (exact) mass is 457 g/mol. The predicted octanol–water partition coefficient (Wildman–Crippen LogP) is 2.04. The molecule has 0 aromatic heterocycles. The second-order valence-electron chi connectivity index (χ2n) is 7.77. The van der Waals surface area contributed by atoms with Crippen LogP contribution in [0, 0.1) is 0 Å². The molecular formula is C23H27N3O5S. The van der Waals surface area contributed by atoms with Crippen molar-refractivity contribution in [2.45, 2.75) is 19.5 Å². The van der Waals surface area contributed by atoms with Crippen LogP contribution < -0.4 is 14.8 Å². The van der Waals surface area contributed by atoms with Gasteiger partial charge in [0.2, 0.25) is 22.7 Å². The highest BCUT2D eigenvalue weighted by Gasteiger charge is 2.29. The second kappa shape index (κ2) is 9.72. The van der Waals surface area contributed by atoms with Gasteiger partial charge in [0.15, 0.2) is 11.5 Å². The Morgan fingerprint density at radius 1 is 1.06 bits per heavy atom. The number of carbonyl (C=O) groups excluding carboxylic acids is 1. The summed E-state index contributed by atoms with van der Waals surface area (Å²) in [7, 11) is -3.50. The zero-order valence-corrected chi connectivity index (χ0v) is 18.8. The number of ether oxygens (including phenoxy) is 2. The van der Waals surface area contributed by atoms with Crippen molar-refractivity contribution in [3.8, 4) is 11.5 Å². The lowest BCUT2D eigenvalue weighted by Gasteiger charge is -2.36. The van der Waals surface area contributed by atoms with E-state index in [0.717, 1.165) is 11.1 Å². The first-order valence-electron chi connectivity index (χ1n) is 10.6. The highest BCUT2D eigenvalue weighted by Crippen LogP contribution is 2.32. The number of hydrogen-bond donors (Lipinski definition) is 1. The van der Waals surface area contributed by atoms with Gasteiger partial charge in [-0.15, -0.1) is 0 Å². The van der Waals surface area contributed by atoms with Gasteiger partial charge in [0, 0.05) is 38.1 Å². The van der Waals surface area contributed by atoms with E-state index in [1.54, 1.807) is 6.08 Å². The lowest BCUT2D eigenvalue weighted by Crippen LogP contribution is -2.54. The SMILES string of the molecule is CC(C(=O)NCc1ccc2c(c1)OCO2)N1CCN(S(=O)(=O)C=Cc2ccccc2)CC1. The molecule has 8 nitrogen and oxygen atoms in total. The van der Waals surface area contributed by atoms with Crippen LogP contribution in [0.15, 0.2) is 53.9 Å². The number of hydrogen-bond acceptors (Lipinski definition) is 6. The van der Waals surface area contributed by atoms with Gasteiger partial charge in [-0.2, -0.15) is 4.31 Å². The molecule has 2 aliphatic heterocycles. The Morgan fingerprint density at radius 2 is 1.78 bits per heavy atom. The van der Waals surface area contributed by atoms with E-state index in [9.17, 15) is 13.2 Å². The molecule has 2 aromatic carbocycles. The van der Waals surface area contributed by atoms with Crippen LogP contribution >= 0.6 is 0 Å². The lowest BCUT2D eigenvalue weighted by atomic mass is 10.2. The van der Waals surface area contributed by atoms with E-state index < -0.39 is 10.0 Å². The van der Waals surface area contributed by atoms with Gasteiger partial charge >= 0.3 is 0 Å². The summed E-state index contributed by atoms with van der Waals surface area (Å²) in [5.41, 5.74) is 1.76. The molecule has 2 aromatic rings. The largest absolute Gasteiger partial charge is 0.454 e. The van der Waals surface area contributed by atoms with E-state index >= 15 is 0 Å². The number of sulfonamides is 1. The molecule has 32 heavy (non-hydrogen) atoms. The van der Waals surface area contributed by atoms with Crippen LogP contribution in [0.25, 0.3) is 6.08 Å². The van der Waals surface area contributed by atoms with Gasteiger partial charge in [-0.25, -0.2) is 8.42 Å². The fourth-order valence-corrected chi connectivity index (χ4v) is 4.89. The van der Waals surface area contributed by atoms with E-state index in [2.05, 4.69) is 5.32 Å². The fraction of sp³-hybridized carbons (Fsp3) is 0.348. The van der Waals surface area contributed by atoms with Crippen LogP contribution in [-0.4, -0.2) is 62.5 Å². The van der Waals surface area contributed by atoms with Gasteiger partial charge in [0.1, 0.15) is 0 Å². The second-order valence-corrected chi connectivity index (χ2v) is 9.59. The van der Waals surface area contributed by atoms with Gasteiger partial charge in [-0.1, -0.05) is 36.4 Å². The summed E-state index contributed by atoms with van der Waals surface area (Å²) < 4.78 is 37.4. The molecule has 2 heterocycles. The van der Waals surface area contributed by atoms with Gasteiger partial charge in [0.05, 0.1) is 6.04 Å². The third kappa shape index (κ3) is 5.29. The van der Waals surface area contributed by atoms with Crippen molar-refractivity contribution in [3.63, 3.8) is 0 Å². The Labute approximate surface area is 188 Å². The Hall–Kier alpha value is -2.88. The zero-order valence-electron chi connectivity index (χ0n) is 17.9. The molecule has 0 bridgehead atoms. The van der Waals surface area contributed by atoms with E-state index in [1.807, 2.05) is 60.4 Å². The van der Waals surface area contributed by atoms with Gasteiger partial charge < -0.3 is 14.8 Å². The number of rotatable bonds is 7. The highest BCUT2D eigenvalue weighted by molar-refractivity contribution is 7.92. The summed E-state index contributed by atoms with van der Waals surface area (Å²) in [5.74, 6) is 1.30. The number of benzene rings is 2. The molecule has 1 N–H and O–H groups in total. The van der Waals surface area contributed by atoms with E-state index in [4.69, 9.17) is 9.47 Å². The molecule has 0 radical (unpaired) electrons. The van der Waals surface area contributed by atoms with Crippen molar-refractivity contribution in [2.75, 3.05) is 33.0 Å². The summed E-state index contributed by atoms with van der Waals surface area (Å²) >= 11 is 0. The van der Waals surface area contributed by atoms with E-state index in [1.165, 1.54) is 9.71 Å². The number of nitrogens with one attached hydrogen (secondary N) is 1. The molecule has 1 amide bonds. The minimum atomic E-state index is -3.50. The minimum absolute atomic E-state index is 0.0945. The van der Waals surface area contributed by atoms with Crippen LogP contribution in [0.1, 0.15) is 18.1 Å². The number of piperazine rings is 1. The fourth-order valence-electron chi connectivity index (χ4n) is 3.71. The van der Waals surface area contributed by atoms with Crippen LogP contribution in [0.3, 0.4) is 0 Å². The Bertz CT molecular complexity index is 1080. The smallest absolute Gasteiger partial charge is 0.237 e. The van der Waals surface area contributed by atoms with Crippen LogP contribution in [0.4, 0.5) is 0 Å². The Morgan fingerprint density at radius 3 is 2.53 bits per heavy atom. The number of nitrogens with zero attached hydrogens (tertiary/aromatic N) is 2. The first-order valence-corrected chi connectivity index (χ1v) is 12.1. The summed E-state index contributed by atoms with van der Waals surface area (Å²) in [6, 6.07) is 14.6. The maximum Gasteiger partial charge on any atom is 0.237 e. The molecule has 1 unspecified atom stereocenters. The summed E-state index contributed by atoms with van der Waals surface area (Å²) in [4.78, 5) is 14.6. The predicted molar refractivity (Wildman–Crippen MR) is 121 cm³/mol. The molecule has 2 aliphatic rings. The maximum atomic E-state index is 12.6. The first kappa shape index (κ1) is 22.3. The third-order valence-electron chi connectivity index (χ3n) is 5.70. The highest BCUT2D eigenvalue weighted by atomic mass is 32.2. The summed E-state index contributed by atoms with van der Waals surface area (Å²) in [6.07, 6.45) is 1.61. The molecule has 1 fully saturated rings. The zero-order chi connectivity index (χ0) is 22.6. The summed E-state index contributed by atoms with van der Waals surface area (Å²) in [5, 5.41) is 4.20. The van der Waals surface area contributed by atoms with Crippen molar-refractivity contribution >= 4 is 22.0 Å². The number of amides is 1.